The van der Waals surface area contributed by atoms with Crippen molar-refractivity contribution in [1.82, 2.24) is 0 Å². The summed E-state index contributed by atoms with van der Waals surface area (Å²) < 4.78 is 0. The molecule has 5 nitrogen and oxygen atoms in total. The fourth-order valence-electron chi connectivity index (χ4n) is 1.38. The summed E-state index contributed by atoms with van der Waals surface area (Å²) in [4.78, 5) is 21.8. The topological polar surface area (TPSA) is 101 Å². The molecule has 1 rings (SSSR count). The van der Waals surface area contributed by atoms with Crippen molar-refractivity contribution in [3.8, 4) is 0 Å². The van der Waals surface area contributed by atoms with E-state index in [1.54, 1.807) is 0 Å². The zero-order chi connectivity index (χ0) is 13.2. The predicted molar refractivity (Wildman–Crippen MR) is 62.7 cm³/mol. The van der Waals surface area contributed by atoms with Gasteiger partial charge in [0.15, 0.2) is 11.9 Å². The fraction of sp³-hybridized carbons (Fsp3) is 0.273. The molecule has 2 unspecified atom stereocenters. The quantitative estimate of drug-likeness (QED) is 0.557. The van der Waals surface area contributed by atoms with Gasteiger partial charge in [-0.2, -0.15) is 0 Å². The Balaban J connectivity index is 3.19. The Kier molecular flexibility index (Phi) is 4.09. The van der Waals surface area contributed by atoms with Crippen molar-refractivity contribution in [1.29, 1.82) is 0 Å². The third kappa shape index (κ3) is 3.18. The van der Waals surface area contributed by atoms with Crippen LogP contribution >= 0.6 is 11.6 Å². The zero-order valence-corrected chi connectivity index (χ0v) is 9.81. The average Bonchev–Trinajstić information content (AvgIpc) is 2.25. The molecule has 0 spiro atoms. The maximum atomic E-state index is 11.1. The highest BCUT2D eigenvalue weighted by atomic mass is 35.5. The lowest BCUT2D eigenvalue weighted by Crippen LogP contribution is -2.12. The number of rotatable bonds is 4. The molecular weight excluding hydrogens is 246 g/mol. The van der Waals surface area contributed by atoms with Crippen LogP contribution in [-0.4, -0.2) is 22.0 Å². The molecular formula is C11H12ClNO4. The van der Waals surface area contributed by atoms with Crippen LogP contribution in [0.5, 0.6) is 0 Å². The summed E-state index contributed by atoms with van der Waals surface area (Å²) in [5.74, 6) is -1.68. The molecule has 17 heavy (non-hydrogen) atoms. The van der Waals surface area contributed by atoms with Gasteiger partial charge in [-0.25, -0.2) is 4.79 Å². The van der Waals surface area contributed by atoms with E-state index in [1.807, 2.05) is 0 Å². The first-order valence-corrected chi connectivity index (χ1v) is 5.22. The summed E-state index contributed by atoms with van der Waals surface area (Å²) in [6.45, 7) is 1.31. The van der Waals surface area contributed by atoms with Crippen LogP contribution in [0.1, 0.15) is 29.5 Å². The lowest BCUT2D eigenvalue weighted by molar-refractivity contribution is -0.146. The van der Waals surface area contributed by atoms with Gasteiger partial charge in [-0.15, -0.1) is 11.6 Å². The first-order chi connectivity index (χ1) is 7.82. The van der Waals surface area contributed by atoms with E-state index in [0.29, 0.717) is 5.56 Å². The van der Waals surface area contributed by atoms with Crippen LogP contribution in [0.15, 0.2) is 18.2 Å². The molecule has 0 aliphatic heterocycles. The molecule has 0 aliphatic carbocycles. The van der Waals surface area contributed by atoms with Gasteiger partial charge in [0, 0.05) is 5.69 Å². The van der Waals surface area contributed by atoms with Crippen LogP contribution in [0.4, 0.5) is 5.69 Å². The molecule has 0 fully saturated rings. The summed E-state index contributed by atoms with van der Waals surface area (Å²) in [6, 6.07) is 4.15. The second-order valence-corrected chi connectivity index (χ2v) is 4.08. The molecule has 0 aromatic heterocycles. The second-order valence-electron chi connectivity index (χ2n) is 3.65. The number of carbonyl (C=O) groups is 2. The van der Waals surface area contributed by atoms with Crippen molar-refractivity contribution in [2.45, 2.75) is 18.4 Å². The molecule has 0 amide bonds. The normalized spacial score (nSPS) is 14.1. The van der Waals surface area contributed by atoms with Gasteiger partial charge in [0.25, 0.3) is 0 Å². The molecule has 0 radical (unpaired) electrons. The minimum Gasteiger partial charge on any atom is -0.479 e. The summed E-state index contributed by atoms with van der Waals surface area (Å²) in [5.41, 5.74) is 6.27. The highest BCUT2D eigenvalue weighted by Gasteiger charge is 2.20. The number of alkyl halides is 1. The highest BCUT2D eigenvalue weighted by Crippen LogP contribution is 2.27. The molecule has 92 valence electrons. The number of carbonyl (C=O) groups excluding carboxylic acids is 1. The van der Waals surface area contributed by atoms with E-state index in [4.69, 9.17) is 22.4 Å². The van der Waals surface area contributed by atoms with Crippen molar-refractivity contribution in [2.24, 2.45) is 0 Å². The van der Waals surface area contributed by atoms with Crippen molar-refractivity contribution in [3.63, 3.8) is 0 Å². The van der Waals surface area contributed by atoms with E-state index >= 15 is 0 Å². The number of aliphatic hydroxyl groups excluding tert-OH is 1. The minimum atomic E-state index is -1.69. The Morgan fingerprint density at radius 3 is 2.29 bits per heavy atom. The van der Waals surface area contributed by atoms with Crippen LogP contribution in [0.3, 0.4) is 0 Å². The van der Waals surface area contributed by atoms with Crippen LogP contribution in [0.2, 0.25) is 0 Å². The van der Waals surface area contributed by atoms with Crippen molar-refractivity contribution >= 4 is 29.0 Å². The lowest BCUT2D eigenvalue weighted by Gasteiger charge is -2.12. The number of aliphatic carboxylic acids is 1. The summed E-state index contributed by atoms with van der Waals surface area (Å²) >= 11 is 5.84. The Morgan fingerprint density at radius 2 is 1.82 bits per heavy atom. The van der Waals surface area contributed by atoms with Crippen LogP contribution < -0.4 is 5.73 Å². The number of hydrogen-bond donors (Lipinski definition) is 3. The smallest absolute Gasteiger partial charge is 0.337 e. The van der Waals surface area contributed by atoms with Gasteiger partial charge in [0.05, 0.1) is 0 Å². The fourth-order valence-corrected chi connectivity index (χ4v) is 1.51. The molecule has 0 saturated carbocycles. The molecule has 1 aromatic carbocycles. The number of anilines is 1. The first-order valence-electron chi connectivity index (χ1n) is 4.78. The van der Waals surface area contributed by atoms with Gasteiger partial charge in [0.1, 0.15) is 5.38 Å². The van der Waals surface area contributed by atoms with Gasteiger partial charge < -0.3 is 15.9 Å². The molecule has 2 atom stereocenters. The molecule has 4 N–H and O–H groups in total. The van der Waals surface area contributed by atoms with E-state index in [-0.39, 0.29) is 17.0 Å². The van der Waals surface area contributed by atoms with Gasteiger partial charge >= 0.3 is 5.97 Å². The van der Waals surface area contributed by atoms with E-state index in [0.717, 1.165) is 0 Å². The average molecular weight is 258 g/mol. The van der Waals surface area contributed by atoms with Crippen LogP contribution in [0.25, 0.3) is 0 Å². The van der Waals surface area contributed by atoms with E-state index in [2.05, 4.69) is 0 Å². The Morgan fingerprint density at radius 1 is 1.29 bits per heavy atom. The maximum Gasteiger partial charge on any atom is 0.337 e. The highest BCUT2D eigenvalue weighted by molar-refractivity contribution is 6.30. The number of nitrogen functional groups attached to an aromatic ring is 1. The van der Waals surface area contributed by atoms with Gasteiger partial charge in [0.2, 0.25) is 0 Å². The molecule has 1 aromatic rings. The van der Waals surface area contributed by atoms with Gasteiger partial charge in [-0.05, 0) is 30.2 Å². The third-order valence-electron chi connectivity index (χ3n) is 2.20. The van der Waals surface area contributed by atoms with Crippen molar-refractivity contribution < 1.29 is 19.8 Å². The zero-order valence-electron chi connectivity index (χ0n) is 9.05. The molecule has 6 heteroatoms. The number of ketones is 1. The van der Waals surface area contributed by atoms with Gasteiger partial charge in [-0.1, -0.05) is 6.07 Å². The largest absolute Gasteiger partial charge is 0.479 e. The Hall–Kier alpha value is -1.59. The Labute approximate surface area is 103 Å². The number of Topliss-reactive ketones (excluding diaryl/α,β-unsaturated/α-hetero) is 1. The SMILES string of the molecule is CC(=O)C(Cl)c1cc(N)cc(C(O)C(=O)O)c1. The number of carboxylic acids is 1. The van der Waals surface area contributed by atoms with Crippen molar-refractivity contribution in [2.75, 3.05) is 5.73 Å². The number of benzene rings is 1. The Bertz CT molecular complexity index is 423. The number of nitrogens with two attached hydrogens (primary N) is 1. The van der Waals surface area contributed by atoms with Crippen LogP contribution in [-0.2, 0) is 9.59 Å². The summed E-state index contributed by atoms with van der Waals surface area (Å²) in [7, 11) is 0. The molecule has 0 heterocycles. The molecule has 0 saturated heterocycles. The molecule has 0 aliphatic rings. The van der Waals surface area contributed by atoms with Gasteiger partial charge in [-0.3, -0.25) is 4.79 Å². The van der Waals surface area contributed by atoms with Crippen LogP contribution in [0, 0.1) is 0 Å². The molecule has 0 bridgehead atoms. The second kappa shape index (κ2) is 5.16. The lowest BCUT2D eigenvalue weighted by atomic mass is 10.0. The summed E-state index contributed by atoms with van der Waals surface area (Å²) in [6.07, 6.45) is -1.69. The summed E-state index contributed by atoms with van der Waals surface area (Å²) in [5, 5.41) is 17.2. The number of carboxylic acid groups (broad SMARTS) is 1. The number of hydrogen-bond acceptors (Lipinski definition) is 4. The van der Waals surface area contributed by atoms with E-state index < -0.39 is 17.5 Å². The van der Waals surface area contributed by atoms with Crippen molar-refractivity contribution in [3.05, 3.63) is 29.3 Å². The minimum absolute atomic E-state index is 0.0967. The standard InChI is InChI=1S/C11H12ClNO4/c1-5(14)9(12)6-2-7(4-8(13)3-6)10(15)11(16)17/h2-4,9-10,15H,13H2,1H3,(H,16,17). The number of halogens is 1. The first kappa shape index (κ1) is 13.5. The van der Waals surface area contributed by atoms with E-state index in [1.165, 1.54) is 25.1 Å². The predicted octanol–water partition coefficient (Wildman–Crippen LogP) is 1.26. The number of aliphatic hydroxyl groups is 1. The maximum absolute atomic E-state index is 11.1. The van der Waals surface area contributed by atoms with E-state index in [9.17, 15) is 14.7 Å². The third-order valence-corrected chi connectivity index (χ3v) is 2.76. The monoisotopic (exact) mass is 257 g/mol.